The van der Waals surface area contributed by atoms with E-state index in [1.807, 2.05) is 25.9 Å². The number of aliphatic hydroxyl groups excluding tert-OH is 1. The highest BCUT2D eigenvalue weighted by Gasteiger charge is 2.34. The van der Waals surface area contributed by atoms with Crippen molar-refractivity contribution in [3.05, 3.63) is 23.4 Å². The minimum Gasteiger partial charge on any atom is -0.472 e. The molecule has 0 aromatic carbocycles. The summed E-state index contributed by atoms with van der Waals surface area (Å²) < 4.78 is 6.28. The third-order valence-corrected chi connectivity index (χ3v) is 5.25. The molecular weight excluding hydrogens is 380 g/mol. The van der Waals surface area contributed by atoms with Crippen LogP contribution in [0.1, 0.15) is 43.1 Å². The van der Waals surface area contributed by atoms with Crippen LogP contribution in [0.5, 0.6) is 5.88 Å². The first-order valence-electron chi connectivity index (χ1n) is 10.7. The van der Waals surface area contributed by atoms with Crippen molar-refractivity contribution in [2.45, 2.75) is 39.3 Å². The van der Waals surface area contributed by atoms with Gasteiger partial charge in [0.25, 0.3) is 5.91 Å². The van der Waals surface area contributed by atoms with Crippen molar-refractivity contribution in [2.75, 3.05) is 53.9 Å². The number of pyridine rings is 1. The molecule has 1 N–H and O–H groups in total. The number of nitrogens with zero attached hydrogens (tertiary/aromatic N) is 4. The minimum atomic E-state index is -0.289. The molecule has 1 amide bonds. The number of carbonyl (C=O) groups excluding carboxylic acids is 1. The van der Waals surface area contributed by atoms with Gasteiger partial charge in [0.05, 0.1) is 19.2 Å². The van der Waals surface area contributed by atoms with E-state index in [-0.39, 0.29) is 30.6 Å². The molecule has 2 rings (SSSR count). The number of aromatic nitrogens is 1. The highest BCUT2D eigenvalue weighted by molar-refractivity contribution is 5.97. The standard InChI is InChI=1S/C23H36N4O3/c1-7-10-26(6)15-21-17(2)14-27(18(3)16-28)23(29)20-12-19(9-8-11-25(4)5)13-24-22(20)30-21/h12-13,17-18,21,28H,7,10-11,14-16H2,1-6H3/t17-,18+,21+/m0/s1. The molecule has 3 atom stereocenters. The maximum atomic E-state index is 13.3. The number of rotatable bonds is 7. The average molecular weight is 417 g/mol. The molecule has 0 fully saturated rings. The molecule has 0 spiro atoms. The zero-order valence-electron chi connectivity index (χ0n) is 19.2. The van der Waals surface area contributed by atoms with Gasteiger partial charge < -0.3 is 19.6 Å². The van der Waals surface area contributed by atoms with Crippen LogP contribution in [0.4, 0.5) is 0 Å². The fourth-order valence-corrected chi connectivity index (χ4v) is 3.47. The first-order chi connectivity index (χ1) is 14.3. The van der Waals surface area contributed by atoms with Crippen molar-refractivity contribution in [3.8, 4) is 17.7 Å². The highest BCUT2D eigenvalue weighted by Crippen LogP contribution is 2.27. The van der Waals surface area contributed by atoms with Crippen molar-refractivity contribution < 1.29 is 14.6 Å². The summed E-state index contributed by atoms with van der Waals surface area (Å²) in [4.78, 5) is 23.7. The number of fused-ring (bicyclic) bond motifs is 1. The second-order valence-electron chi connectivity index (χ2n) is 8.50. The van der Waals surface area contributed by atoms with Gasteiger partial charge >= 0.3 is 0 Å². The maximum absolute atomic E-state index is 13.3. The lowest BCUT2D eigenvalue weighted by atomic mass is 10.00. The molecule has 0 saturated carbocycles. The van der Waals surface area contributed by atoms with E-state index in [0.717, 1.165) is 19.5 Å². The molecule has 0 unspecified atom stereocenters. The lowest BCUT2D eigenvalue weighted by molar-refractivity contribution is 0.0331. The molecule has 166 valence electrons. The third-order valence-electron chi connectivity index (χ3n) is 5.25. The lowest BCUT2D eigenvalue weighted by Crippen LogP contribution is -2.50. The fourth-order valence-electron chi connectivity index (χ4n) is 3.47. The molecule has 7 nitrogen and oxygen atoms in total. The smallest absolute Gasteiger partial charge is 0.259 e. The molecule has 30 heavy (non-hydrogen) atoms. The van der Waals surface area contributed by atoms with Crippen molar-refractivity contribution >= 4 is 5.91 Å². The molecule has 0 aliphatic carbocycles. The zero-order chi connectivity index (χ0) is 22.3. The van der Waals surface area contributed by atoms with Crippen LogP contribution in [0.15, 0.2) is 12.3 Å². The first-order valence-corrected chi connectivity index (χ1v) is 10.7. The summed E-state index contributed by atoms with van der Waals surface area (Å²) in [6, 6.07) is 1.47. The lowest BCUT2D eigenvalue weighted by Gasteiger charge is -2.37. The summed E-state index contributed by atoms with van der Waals surface area (Å²) in [6.07, 6.45) is 2.61. The average Bonchev–Trinajstić information content (AvgIpc) is 2.70. The van der Waals surface area contributed by atoms with Gasteiger partial charge in [-0.1, -0.05) is 25.7 Å². The molecule has 1 aliphatic rings. The van der Waals surface area contributed by atoms with E-state index in [0.29, 0.717) is 30.1 Å². The van der Waals surface area contributed by atoms with E-state index < -0.39 is 0 Å². The summed E-state index contributed by atoms with van der Waals surface area (Å²) in [5, 5.41) is 9.73. The second kappa shape index (κ2) is 11.3. The second-order valence-corrected chi connectivity index (χ2v) is 8.50. The molecular formula is C23H36N4O3. The van der Waals surface area contributed by atoms with Crippen LogP contribution in [-0.2, 0) is 0 Å². The van der Waals surface area contributed by atoms with E-state index in [4.69, 9.17) is 4.74 Å². The van der Waals surface area contributed by atoms with Crippen LogP contribution < -0.4 is 4.74 Å². The van der Waals surface area contributed by atoms with Crippen LogP contribution in [0.25, 0.3) is 0 Å². The number of likely N-dealkylation sites (N-methyl/N-ethyl adjacent to an activating group) is 1. The Kier molecular flexibility index (Phi) is 9.09. The first kappa shape index (κ1) is 24.1. The number of carbonyl (C=O) groups is 1. The van der Waals surface area contributed by atoms with E-state index in [1.165, 1.54) is 0 Å². The van der Waals surface area contributed by atoms with Crippen LogP contribution in [0, 0.1) is 17.8 Å². The fraction of sp³-hybridized carbons (Fsp3) is 0.652. The van der Waals surface area contributed by atoms with Crippen LogP contribution in [-0.4, -0.2) is 96.8 Å². The number of hydrogen-bond donors (Lipinski definition) is 1. The molecule has 7 heteroatoms. The number of ether oxygens (including phenoxy) is 1. The van der Waals surface area contributed by atoms with Gasteiger partial charge in [0.2, 0.25) is 5.88 Å². The summed E-state index contributed by atoms with van der Waals surface area (Å²) in [5.74, 6) is 6.41. The van der Waals surface area contributed by atoms with Gasteiger partial charge in [0, 0.05) is 30.8 Å². The molecule has 1 aromatic rings. The normalized spacial score (nSPS) is 20.2. The van der Waals surface area contributed by atoms with E-state index in [9.17, 15) is 9.90 Å². The summed E-state index contributed by atoms with van der Waals surface area (Å²) in [7, 11) is 5.99. The van der Waals surface area contributed by atoms with Gasteiger partial charge in [-0.2, -0.15) is 0 Å². The Bertz CT molecular complexity index is 771. The number of hydrogen-bond acceptors (Lipinski definition) is 6. The predicted octanol–water partition coefficient (Wildman–Crippen LogP) is 1.56. The summed E-state index contributed by atoms with van der Waals surface area (Å²) >= 11 is 0. The highest BCUT2D eigenvalue weighted by atomic mass is 16.5. The van der Waals surface area contributed by atoms with Crippen LogP contribution in [0.3, 0.4) is 0 Å². The van der Waals surface area contributed by atoms with Crippen molar-refractivity contribution in [1.29, 1.82) is 0 Å². The van der Waals surface area contributed by atoms with Gasteiger partial charge in [-0.15, -0.1) is 0 Å². The van der Waals surface area contributed by atoms with Gasteiger partial charge in [0.15, 0.2) is 0 Å². The summed E-state index contributed by atoms with van der Waals surface area (Å²) in [6.45, 7) is 8.86. The number of amides is 1. The Balaban J connectivity index is 2.42. The van der Waals surface area contributed by atoms with Gasteiger partial charge in [-0.05, 0) is 47.1 Å². The third kappa shape index (κ3) is 6.43. The van der Waals surface area contributed by atoms with Crippen molar-refractivity contribution in [1.82, 2.24) is 19.7 Å². The molecule has 0 bridgehead atoms. The van der Waals surface area contributed by atoms with E-state index in [1.54, 1.807) is 17.2 Å². The Hall–Kier alpha value is -2.14. The molecule has 1 aromatic heterocycles. The van der Waals surface area contributed by atoms with E-state index >= 15 is 0 Å². The largest absolute Gasteiger partial charge is 0.472 e. The monoisotopic (exact) mass is 416 g/mol. The Morgan fingerprint density at radius 1 is 1.40 bits per heavy atom. The van der Waals surface area contributed by atoms with Gasteiger partial charge in [0.1, 0.15) is 11.7 Å². The predicted molar refractivity (Wildman–Crippen MR) is 119 cm³/mol. The Labute approximate surface area is 181 Å². The topological polar surface area (TPSA) is 69.1 Å². The SMILES string of the molecule is CCCN(C)C[C@H]1Oc2ncc(C#CCN(C)C)cc2C(=O)N([C@H](C)CO)C[C@@H]1C. The molecule has 2 heterocycles. The van der Waals surface area contributed by atoms with Crippen LogP contribution >= 0.6 is 0 Å². The zero-order valence-corrected chi connectivity index (χ0v) is 19.2. The van der Waals surface area contributed by atoms with E-state index in [2.05, 4.69) is 42.6 Å². The van der Waals surface area contributed by atoms with Gasteiger partial charge in [-0.3, -0.25) is 9.69 Å². The molecule has 0 saturated heterocycles. The number of aliphatic hydroxyl groups is 1. The quantitative estimate of drug-likeness (QED) is 0.681. The minimum absolute atomic E-state index is 0.0924. The maximum Gasteiger partial charge on any atom is 0.259 e. The Morgan fingerprint density at radius 3 is 2.77 bits per heavy atom. The van der Waals surface area contributed by atoms with Crippen LogP contribution in [0.2, 0.25) is 0 Å². The Morgan fingerprint density at radius 2 is 2.13 bits per heavy atom. The van der Waals surface area contributed by atoms with Crippen molar-refractivity contribution in [3.63, 3.8) is 0 Å². The van der Waals surface area contributed by atoms with Crippen molar-refractivity contribution in [2.24, 2.45) is 5.92 Å². The summed E-state index contributed by atoms with van der Waals surface area (Å²) in [5.41, 5.74) is 1.08. The molecule has 1 aliphatic heterocycles. The van der Waals surface area contributed by atoms with Gasteiger partial charge in [-0.25, -0.2) is 4.98 Å². The molecule has 0 radical (unpaired) electrons.